The Kier molecular flexibility index (Phi) is 11.6. The summed E-state index contributed by atoms with van der Waals surface area (Å²) >= 11 is 5.97. The number of carbonyl (C=O) groups is 6. The fraction of sp³-hybridized carbons (Fsp3) is 0.379. The number of esters is 2. The second-order valence-corrected chi connectivity index (χ2v) is 10.8. The first-order valence-electron chi connectivity index (χ1n) is 12.8. The predicted octanol–water partition coefficient (Wildman–Crippen LogP) is 4.07. The molecule has 2 aromatic rings. The zero-order valence-electron chi connectivity index (χ0n) is 24.5. The van der Waals surface area contributed by atoms with Gasteiger partial charge in [-0.05, 0) is 71.0 Å². The summed E-state index contributed by atoms with van der Waals surface area (Å²) in [7, 11) is 1.32. The molecule has 0 N–H and O–H groups in total. The van der Waals surface area contributed by atoms with Crippen LogP contribution in [-0.2, 0) is 28.6 Å². The third-order valence-corrected chi connectivity index (χ3v) is 5.65. The molecule has 0 bridgehead atoms. The number of hydrogen-bond acceptors (Lipinski definition) is 9. The van der Waals surface area contributed by atoms with Gasteiger partial charge in [-0.25, -0.2) is 14.6 Å². The van der Waals surface area contributed by atoms with E-state index in [0.29, 0.717) is 10.0 Å². The van der Waals surface area contributed by atoms with Crippen LogP contribution in [0.1, 0.15) is 62.3 Å². The minimum atomic E-state index is -2.28. The zero-order valence-corrected chi connectivity index (χ0v) is 25.2. The maximum absolute atomic E-state index is 13.8. The van der Waals surface area contributed by atoms with E-state index in [2.05, 4.69) is 0 Å². The summed E-state index contributed by atoms with van der Waals surface area (Å²) < 4.78 is 15.4. The SMILES string of the molecule is CC(=O)N(C)CC(=O)OC(OC(=O)N(C(=O)c1ccc(Cl)cc1)N(C(=O)c1ccccc1)C(C)(C)C)C(=O)OC(C)C. The molecule has 0 aliphatic heterocycles. The Bertz CT molecular complexity index is 1310. The van der Waals surface area contributed by atoms with E-state index >= 15 is 0 Å². The molecule has 0 radical (unpaired) electrons. The van der Waals surface area contributed by atoms with Crippen LogP contribution in [0.2, 0.25) is 5.02 Å². The summed E-state index contributed by atoms with van der Waals surface area (Å²) in [6.45, 7) is 8.38. The number of halogens is 1. The van der Waals surface area contributed by atoms with Crippen LogP contribution < -0.4 is 0 Å². The van der Waals surface area contributed by atoms with Crippen LogP contribution in [0.15, 0.2) is 54.6 Å². The largest absolute Gasteiger partial charge is 0.457 e. The van der Waals surface area contributed by atoms with Gasteiger partial charge >= 0.3 is 24.3 Å². The number of hydrazine groups is 1. The van der Waals surface area contributed by atoms with E-state index < -0.39 is 60.2 Å². The lowest BCUT2D eigenvalue weighted by atomic mass is 10.1. The van der Waals surface area contributed by atoms with E-state index in [1.54, 1.807) is 39.0 Å². The van der Waals surface area contributed by atoms with E-state index in [-0.39, 0.29) is 11.1 Å². The van der Waals surface area contributed by atoms with Gasteiger partial charge in [0.2, 0.25) is 5.91 Å². The summed E-state index contributed by atoms with van der Waals surface area (Å²) in [6.07, 6.45) is -4.50. The number of imide groups is 1. The van der Waals surface area contributed by atoms with Crippen LogP contribution in [0.5, 0.6) is 0 Å². The monoisotopic (exact) mass is 603 g/mol. The zero-order chi connectivity index (χ0) is 31.8. The Morgan fingerprint density at radius 1 is 0.810 bits per heavy atom. The number of benzene rings is 2. The molecule has 0 saturated heterocycles. The first-order valence-corrected chi connectivity index (χ1v) is 13.2. The van der Waals surface area contributed by atoms with Crippen LogP contribution in [0.25, 0.3) is 0 Å². The van der Waals surface area contributed by atoms with Gasteiger partial charge in [0.1, 0.15) is 6.54 Å². The van der Waals surface area contributed by atoms with Crippen molar-refractivity contribution in [2.24, 2.45) is 0 Å². The smallest absolute Gasteiger partial charge is 0.440 e. The van der Waals surface area contributed by atoms with Crippen molar-refractivity contribution in [1.29, 1.82) is 0 Å². The van der Waals surface area contributed by atoms with Crippen molar-refractivity contribution in [2.45, 2.75) is 59.5 Å². The highest BCUT2D eigenvalue weighted by atomic mass is 35.5. The number of likely N-dealkylation sites (N-methyl/N-ethyl adjacent to an activating group) is 1. The van der Waals surface area contributed by atoms with E-state index in [9.17, 15) is 28.8 Å². The number of hydrogen-bond donors (Lipinski definition) is 0. The van der Waals surface area contributed by atoms with Crippen molar-refractivity contribution in [2.75, 3.05) is 13.6 Å². The molecule has 0 heterocycles. The van der Waals surface area contributed by atoms with Crippen molar-refractivity contribution in [3.63, 3.8) is 0 Å². The van der Waals surface area contributed by atoms with Crippen molar-refractivity contribution in [3.05, 3.63) is 70.7 Å². The highest BCUT2D eigenvalue weighted by Gasteiger charge is 2.43. The highest BCUT2D eigenvalue weighted by Crippen LogP contribution is 2.24. The second-order valence-electron chi connectivity index (χ2n) is 10.3. The molecule has 0 aliphatic rings. The summed E-state index contributed by atoms with van der Waals surface area (Å²) in [5.74, 6) is -4.58. The minimum absolute atomic E-state index is 0.0483. The quantitative estimate of drug-likeness (QED) is 0.248. The first-order chi connectivity index (χ1) is 19.5. The molecule has 1 atom stereocenters. The fourth-order valence-electron chi connectivity index (χ4n) is 3.38. The van der Waals surface area contributed by atoms with Crippen LogP contribution in [0.3, 0.4) is 0 Å². The lowest BCUT2D eigenvalue weighted by molar-refractivity contribution is -0.196. The second kappa shape index (κ2) is 14.4. The molecule has 0 aromatic heterocycles. The summed E-state index contributed by atoms with van der Waals surface area (Å²) in [5, 5.41) is 1.61. The molecular weight excluding hydrogens is 570 g/mol. The fourth-order valence-corrected chi connectivity index (χ4v) is 3.51. The number of ether oxygens (including phenoxy) is 3. The molecule has 1 unspecified atom stereocenters. The van der Waals surface area contributed by atoms with E-state index in [4.69, 9.17) is 25.8 Å². The van der Waals surface area contributed by atoms with E-state index in [0.717, 1.165) is 9.91 Å². The molecular formula is C29H34ClN3O9. The standard InChI is InChI=1S/C29H34ClN3O9/c1-18(2)40-26(38)27(41-23(35)17-31(7)19(3)34)42-28(39)32(24(36)21-13-15-22(30)16-14-21)33(29(4,5)6)25(37)20-11-9-8-10-12-20/h8-16,18,27H,17H2,1-7H3. The van der Waals surface area contributed by atoms with Crippen LogP contribution in [0.4, 0.5) is 4.79 Å². The Hall–Kier alpha value is -4.45. The van der Waals surface area contributed by atoms with Crippen LogP contribution >= 0.6 is 11.6 Å². The van der Waals surface area contributed by atoms with Gasteiger partial charge in [-0.3, -0.25) is 19.2 Å². The Morgan fingerprint density at radius 3 is 1.86 bits per heavy atom. The average molecular weight is 604 g/mol. The number of rotatable bonds is 8. The topological polar surface area (TPSA) is 140 Å². The van der Waals surface area contributed by atoms with Gasteiger partial charge < -0.3 is 19.1 Å². The van der Waals surface area contributed by atoms with Crippen molar-refractivity contribution < 1.29 is 43.0 Å². The van der Waals surface area contributed by atoms with Crippen molar-refractivity contribution in [3.8, 4) is 0 Å². The summed E-state index contributed by atoms with van der Waals surface area (Å²) in [5.41, 5.74) is -1.11. The predicted molar refractivity (Wildman–Crippen MR) is 151 cm³/mol. The number of nitrogens with zero attached hydrogens (tertiary/aromatic N) is 3. The normalized spacial score (nSPS) is 11.6. The lowest BCUT2D eigenvalue weighted by Crippen LogP contribution is -2.61. The van der Waals surface area contributed by atoms with Gasteiger partial charge in [-0.15, -0.1) is 5.01 Å². The van der Waals surface area contributed by atoms with Crippen LogP contribution in [-0.4, -0.2) is 82.2 Å². The van der Waals surface area contributed by atoms with Crippen LogP contribution in [0, 0.1) is 0 Å². The van der Waals surface area contributed by atoms with Gasteiger partial charge in [0, 0.05) is 30.1 Å². The molecule has 2 aromatic carbocycles. The molecule has 12 nitrogen and oxygen atoms in total. The third kappa shape index (κ3) is 9.30. The van der Waals surface area contributed by atoms with E-state index in [1.807, 2.05) is 0 Å². The number of amides is 4. The maximum atomic E-state index is 13.8. The molecule has 226 valence electrons. The average Bonchev–Trinajstić information content (AvgIpc) is 2.90. The molecule has 4 amide bonds. The minimum Gasteiger partial charge on any atom is -0.457 e. The van der Waals surface area contributed by atoms with Gasteiger partial charge in [-0.2, -0.15) is 0 Å². The van der Waals surface area contributed by atoms with E-state index in [1.165, 1.54) is 64.2 Å². The molecule has 2 rings (SSSR count). The maximum Gasteiger partial charge on any atom is 0.440 e. The highest BCUT2D eigenvalue weighted by molar-refractivity contribution is 6.30. The molecule has 0 spiro atoms. The lowest BCUT2D eigenvalue weighted by Gasteiger charge is -2.41. The van der Waals surface area contributed by atoms with Gasteiger partial charge in [0.05, 0.1) is 11.6 Å². The third-order valence-electron chi connectivity index (χ3n) is 5.40. The molecule has 13 heteroatoms. The van der Waals surface area contributed by atoms with Gasteiger partial charge in [0.15, 0.2) is 0 Å². The first kappa shape index (κ1) is 33.8. The summed E-state index contributed by atoms with van der Waals surface area (Å²) in [4.78, 5) is 79.2. The molecule has 0 aliphatic carbocycles. The molecule has 0 saturated carbocycles. The number of carbonyl (C=O) groups excluding carboxylic acids is 6. The van der Waals surface area contributed by atoms with Gasteiger partial charge in [0.25, 0.3) is 11.8 Å². The molecule has 42 heavy (non-hydrogen) atoms. The van der Waals surface area contributed by atoms with Crippen molar-refractivity contribution in [1.82, 2.24) is 14.9 Å². The Labute approximate surface area is 249 Å². The van der Waals surface area contributed by atoms with Gasteiger partial charge in [-0.1, -0.05) is 29.8 Å². The Morgan fingerprint density at radius 2 is 1.36 bits per heavy atom. The van der Waals surface area contributed by atoms with Crippen molar-refractivity contribution >= 4 is 47.4 Å². The molecule has 0 fully saturated rings. The summed E-state index contributed by atoms with van der Waals surface area (Å²) in [6, 6.07) is 13.4. The Balaban J connectivity index is 2.59.